The van der Waals surface area contributed by atoms with E-state index < -0.39 is 15.6 Å². The van der Waals surface area contributed by atoms with Crippen LogP contribution in [0, 0.1) is 13.8 Å². The monoisotopic (exact) mass is 425 g/mol. The van der Waals surface area contributed by atoms with E-state index in [1.165, 1.54) is 19.2 Å². The highest BCUT2D eigenvalue weighted by Gasteiger charge is 2.21. The SMILES string of the molecule is COc1cc(NS(=O)(=O)c2cc(C)oc2C)ccc1-c1cc2ccccc2oc1=O. The Labute approximate surface area is 173 Å². The van der Waals surface area contributed by atoms with Crippen molar-refractivity contribution in [3.8, 4) is 16.9 Å². The van der Waals surface area contributed by atoms with E-state index in [2.05, 4.69) is 4.72 Å². The molecule has 0 radical (unpaired) electrons. The van der Waals surface area contributed by atoms with Crippen LogP contribution in [0.5, 0.6) is 5.75 Å². The second-order valence-corrected chi connectivity index (χ2v) is 8.43. The number of aryl methyl sites for hydroxylation is 2. The molecule has 2 heterocycles. The zero-order valence-corrected chi connectivity index (χ0v) is 17.4. The van der Waals surface area contributed by atoms with E-state index in [1.807, 2.05) is 12.1 Å². The molecule has 0 bridgehead atoms. The van der Waals surface area contributed by atoms with Crippen LogP contribution in [0.1, 0.15) is 11.5 Å². The molecule has 0 aliphatic carbocycles. The minimum atomic E-state index is -3.84. The van der Waals surface area contributed by atoms with E-state index in [0.29, 0.717) is 39.7 Å². The van der Waals surface area contributed by atoms with Crippen LogP contribution in [0.2, 0.25) is 0 Å². The van der Waals surface area contributed by atoms with Gasteiger partial charge in [-0.05, 0) is 38.1 Å². The average Bonchev–Trinajstić information content (AvgIpc) is 3.06. The van der Waals surface area contributed by atoms with Crippen molar-refractivity contribution in [2.75, 3.05) is 11.8 Å². The minimum Gasteiger partial charge on any atom is -0.496 e. The Bertz CT molecular complexity index is 1420. The highest BCUT2D eigenvalue weighted by atomic mass is 32.2. The van der Waals surface area contributed by atoms with E-state index >= 15 is 0 Å². The molecule has 154 valence electrons. The normalized spacial score (nSPS) is 11.6. The van der Waals surface area contributed by atoms with Crippen molar-refractivity contribution in [3.05, 3.63) is 76.5 Å². The van der Waals surface area contributed by atoms with Crippen LogP contribution in [0.3, 0.4) is 0 Å². The number of nitrogens with one attached hydrogen (secondary N) is 1. The lowest BCUT2D eigenvalue weighted by atomic mass is 10.0. The van der Waals surface area contributed by atoms with Crippen LogP contribution in [0.4, 0.5) is 5.69 Å². The molecule has 2 aromatic heterocycles. The highest BCUT2D eigenvalue weighted by molar-refractivity contribution is 7.92. The number of fused-ring (bicyclic) bond motifs is 1. The maximum Gasteiger partial charge on any atom is 0.344 e. The number of ether oxygens (including phenoxy) is 1. The van der Waals surface area contributed by atoms with Gasteiger partial charge in [0.2, 0.25) is 0 Å². The van der Waals surface area contributed by atoms with Crippen LogP contribution in [0.15, 0.2) is 73.1 Å². The van der Waals surface area contributed by atoms with Gasteiger partial charge in [0.1, 0.15) is 27.7 Å². The van der Waals surface area contributed by atoms with E-state index in [0.717, 1.165) is 5.39 Å². The molecular weight excluding hydrogens is 406 g/mol. The van der Waals surface area contributed by atoms with Crippen molar-refractivity contribution in [2.24, 2.45) is 0 Å². The summed E-state index contributed by atoms with van der Waals surface area (Å²) in [7, 11) is -2.39. The molecule has 7 nitrogen and oxygen atoms in total. The molecule has 0 saturated carbocycles. The van der Waals surface area contributed by atoms with Crippen molar-refractivity contribution in [2.45, 2.75) is 18.7 Å². The molecule has 1 N–H and O–H groups in total. The largest absolute Gasteiger partial charge is 0.496 e. The maximum atomic E-state index is 12.7. The summed E-state index contributed by atoms with van der Waals surface area (Å²) in [5.74, 6) is 1.14. The number of anilines is 1. The Kier molecular flexibility index (Phi) is 4.87. The summed E-state index contributed by atoms with van der Waals surface area (Å²) in [6.45, 7) is 3.27. The van der Waals surface area contributed by atoms with E-state index in [-0.39, 0.29) is 4.90 Å². The predicted molar refractivity (Wildman–Crippen MR) is 113 cm³/mol. The number of benzene rings is 2. The van der Waals surface area contributed by atoms with Crippen molar-refractivity contribution in [1.82, 2.24) is 0 Å². The van der Waals surface area contributed by atoms with Gasteiger partial charge in [-0.3, -0.25) is 4.72 Å². The molecule has 0 saturated heterocycles. The first kappa shape index (κ1) is 19.8. The molecule has 2 aromatic carbocycles. The topological polar surface area (TPSA) is 98.8 Å². The Balaban J connectivity index is 1.75. The third-order valence-corrected chi connectivity index (χ3v) is 6.16. The van der Waals surface area contributed by atoms with Gasteiger partial charge in [-0.1, -0.05) is 18.2 Å². The van der Waals surface area contributed by atoms with Crippen LogP contribution in [0.25, 0.3) is 22.1 Å². The summed E-state index contributed by atoms with van der Waals surface area (Å²) in [4.78, 5) is 12.6. The van der Waals surface area contributed by atoms with E-state index in [9.17, 15) is 13.2 Å². The molecule has 0 fully saturated rings. The number of furan rings is 1. The number of para-hydroxylation sites is 1. The zero-order valence-electron chi connectivity index (χ0n) is 16.6. The van der Waals surface area contributed by atoms with Gasteiger partial charge in [0, 0.05) is 23.1 Å². The summed E-state index contributed by atoms with van der Waals surface area (Å²) in [6.07, 6.45) is 0. The molecule has 4 aromatic rings. The Morgan fingerprint density at radius 3 is 2.40 bits per heavy atom. The quantitative estimate of drug-likeness (QED) is 0.474. The minimum absolute atomic E-state index is 0.0678. The number of hydrogen-bond donors (Lipinski definition) is 1. The first-order chi connectivity index (χ1) is 14.3. The van der Waals surface area contributed by atoms with E-state index in [4.69, 9.17) is 13.6 Å². The van der Waals surface area contributed by atoms with Gasteiger partial charge in [-0.15, -0.1) is 0 Å². The number of methoxy groups -OCH3 is 1. The van der Waals surface area contributed by atoms with Crippen LogP contribution in [-0.4, -0.2) is 15.5 Å². The van der Waals surface area contributed by atoms with Gasteiger partial charge >= 0.3 is 5.63 Å². The lowest BCUT2D eigenvalue weighted by Crippen LogP contribution is -2.13. The molecule has 0 amide bonds. The second-order valence-electron chi connectivity index (χ2n) is 6.78. The van der Waals surface area contributed by atoms with Gasteiger partial charge in [0.05, 0.1) is 18.4 Å². The first-order valence-electron chi connectivity index (χ1n) is 9.09. The second kappa shape index (κ2) is 7.38. The fraction of sp³-hybridized carbons (Fsp3) is 0.136. The Hall–Kier alpha value is -3.52. The Morgan fingerprint density at radius 1 is 0.933 bits per heavy atom. The molecule has 0 aliphatic heterocycles. The van der Waals surface area contributed by atoms with Crippen LogP contribution < -0.4 is 15.1 Å². The molecule has 0 spiro atoms. The smallest absolute Gasteiger partial charge is 0.344 e. The molecular formula is C22H19NO6S. The third kappa shape index (κ3) is 3.57. The third-order valence-electron chi connectivity index (χ3n) is 4.67. The van der Waals surface area contributed by atoms with Gasteiger partial charge < -0.3 is 13.6 Å². The standard InChI is InChI=1S/C22H19NO6S/c1-13-10-21(14(2)28-13)30(25,26)23-16-8-9-17(20(12-16)27-3)18-11-15-6-4-5-7-19(15)29-22(18)24/h4-12,23H,1-3H3. The highest BCUT2D eigenvalue weighted by Crippen LogP contribution is 2.33. The van der Waals surface area contributed by atoms with Gasteiger partial charge in [-0.2, -0.15) is 0 Å². The lowest BCUT2D eigenvalue weighted by Gasteiger charge is -2.12. The fourth-order valence-electron chi connectivity index (χ4n) is 3.31. The van der Waals surface area contributed by atoms with Crippen LogP contribution >= 0.6 is 0 Å². The van der Waals surface area contributed by atoms with Gasteiger partial charge in [-0.25, -0.2) is 13.2 Å². The van der Waals surface area contributed by atoms with Crippen LogP contribution in [-0.2, 0) is 10.0 Å². The molecule has 4 rings (SSSR count). The number of rotatable bonds is 5. The van der Waals surface area contributed by atoms with E-state index in [1.54, 1.807) is 44.2 Å². The Morgan fingerprint density at radius 2 is 1.70 bits per heavy atom. The number of sulfonamides is 1. The molecule has 8 heteroatoms. The van der Waals surface area contributed by atoms with Crippen molar-refractivity contribution in [3.63, 3.8) is 0 Å². The number of hydrogen-bond acceptors (Lipinski definition) is 6. The molecule has 0 atom stereocenters. The molecule has 0 aliphatic rings. The molecule has 0 unspecified atom stereocenters. The molecule has 30 heavy (non-hydrogen) atoms. The summed E-state index contributed by atoms with van der Waals surface area (Å²) >= 11 is 0. The fourth-order valence-corrected chi connectivity index (χ4v) is 4.60. The van der Waals surface area contributed by atoms with Gasteiger partial charge in [0.25, 0.3) is 10.0 Å². The summed E-state index contributed by atoms with van der Waals surface area (Å²) in [5.41, 5.74) is 1.08. The summed E-state index contributed by atoms with van der Waals surface area (Å²) in [6, 6.07) is 15.1. The van der Waals surface area contributed by atoms with Gasteiger partial charge in [0.15, 0.2) is 0 Å². The van der Waals surface area contributed by atoms with Crippen molar-refractivity contribution < 1.29 is 22.0 Å². The van der Waals surface area contributed by atoms with Crippen molar-refractivity contribution in [1.29, 1.82) is 0 Å². The van der Waals surface area contributed by atoms with Crippen molar-refractivity contribution >= 4 is 26.7 Å². The average molecular weight is 425 g/mol. The summed E-state index contributed by atoms with van der Waals surface area (Å²) in [5, 5.41) is 0.768. The zero-order chi connectivity index (χ0) is 21.5. The predicted octanol–water partition coefficient (Wildman–Crippen LogP) is 4.48. The summed E-state index contributed by atoms with van der Waals surface area (Å²) < 4.78 is 44.1. The lowest BCUT2D eigenvalue weighted by molar-refractivity contribution is 0.416. The first-order valence-corrected chi connectivity index (χ1v) is 10.6. The maximum absolute atomic E-state index is 12.7.